The van der Waals surface area contributed by atoms with Gasteiger partial charge in [0.05, 0.1) is 6.61 Å². The van der Waals surface area contributed by atoms with Crippen LogP contribution in [-0.4, -0.2) is 19.7 Å². The minimum atomic E-state index is 0.763. The molecule has 0 heterocycles. The first-order valence-corrected chi connectivity index (χ1v) is 10.3. The monoisotopic (exact) mass is 351 g/mol. The Morgan fingerprint density at radius 1 is 0.846 bits per heavy atom. The van der Waals surface area contributed by atoms with Crippen molar-refractivity contribution >= 4 is 0 Å². The van der Waals surface area contributed by atoms with Gasteiger partial charge in [0, 0.05) is 6.04 Å². The van der Waals surface area contributed by atoms with E-state index in [4.69, 9.17) is 4.74 Å². The first-order valence-electron chi connectivity index (χ1n) is 10.3. The van der Waals surface area contributed by atoms with Gasteiger partial charge in [-0.3, -0.25) is 0 Å². The van der Waals surface area contributed by atoms with Crippen LogP contribution < -0.4 is 10.1 Å². The number of ether oxygens (including phenoxy) is 1. The van der Waals surface area contributed by atoms with Gasteiger partial charge >= 0.3 is 0 Å². The summed E-state index contributed by atoms with van der Waals surface area (Å²) in [5.74, 6) is 1.94. The number of nitrogens with one attached hydrogen (secondary N) is 1. The van der Waals surface area contributed by atoms with Crippen LogP contribution in [0.15, 0.2) is 54.6 Å². The molecule has 0 aliphatic heterocycles. The maximum absolute atomic E-state index is 5.93. The van der Waals surface area contributed by atoms with Crippen molar-refractivity contribution < 1.29 is 4.74 Å². The fourth-order valence-electron chi connectivity index (χ4n) is 4.00. The van der Waals surface area contributed by atoms with E-state index < -0.39 is 0 Å². The third-order valence-corrected chi connectivity index (χ3v) is 5.70. The second-order valence-corrected chi connectivity index (χ2v) is 7.66. The minimum Gasteiger partial charge on any atom is -0.494 e. The zero-order valence-electron chi connectivity index (χ0n) is 16.1. The van der Waals surface area contributed by atoms with Crippen LogP contribution in [0.1, 0.15) is 56.1 Å². The SMILES string of the molecule is CNC1CCC(CCCCOc2ccc(Cc3ccccc3)cc2)CC1. The number of hydrogen-bond donors (Lipinski definition) is 1. The van der Waals surface area contributed by atoms with E-state index >= 15 is 0 Å². The van der Waals surface area contributed by atoms with Crippen molar-refractivity contribution in [3.05, 3.63) is 65.7 Å². The average Bonchev–Trinajstić information content (AvgIpc) is 2.70. The molecule has 0 atom stereocenters. The van der Waals surface area contributed by atoms with E-state index in [1.54, 1.807) is 0 Å². The lowest BCUT2D eigenvalue weighted by atomic mass is 9.83. The molecule has 1 fully saturated rings. The Labute approximate surface area is 159 Å². The molecular formula is C24H33NO. The van der Waals surface area contributed by atoms with E-state index in [0.717, 1.165) is 37.2 Å². The van der Waals surface area contributed by atoms with Crippen LogP contribution in [0.4, 0.5) is 0 Å². The third kappa shape index (κ3) is 6.17. The quantitative estimate of drug-likeness (QED) is 0.593. The van der Waals surface area contributed by atoms with E-state index in [0.29, 0.717) is 0 Å². The maximum Gasteiger partial charge on any atom is 0.119 e. The molecule has 3 rings (SSSR count). The summed E-state index contributed by atoms with van der Waals surface area (Å²) in [6.07, 6.45) is 10.3. The van der Waals surface area contributed by atoms with E-state index in [1.807, 2.05) is 0 Å². The van der Waals surface area contributed by atoms with Crippen LogP contribution in [0.3, 0.4) is 0 Å². The number of benzene rings is 2. The third-order valence-electron chi connectivity index (χ3n) is 5.70. The van der Waals surface area contributed by atoms with Crippen molar-refractivity contribution in [2.75, 3.05) is 13.7 Å². The Bertz CT molecular complexity index is 614. The Hall–Kier alpha value is -1.80. The molecular weight excluding hydrogens is 318 g/mol. The average molecular weight is 352 g/mol. The lowest BCUT2D eigenvalue weighted by Crippen LogP contribution is -2.30. The topological polar surface area (TPSA) is 21.3 Å². The zero-order valence-corrected chi connectivity index (χ0v) is 16.1. The lowest BCUT2D eigenvalue weighted by molar-refractivity contribution is 0.265. The molecule has 1 saturated carbocycles. The number of rotatable bonds is 9. The highest BCUT2D eigenvalue weighted by atomic mass is 16.5. The highest BCUT2D eigenvalue weighted by Crippen LogP contribution is 2.28. The van der Waals surface area contributed by atoms with Gasteiger partial charge < -0.3 is 10.1 Å². The molecule has 0 aromatic heterocycles. The summed E-state index contributed by atoms with van der Waals surface area (Å²) in [5.41, 5.74) is 2.69. The maximum atomic E-state index is 5.93. The molecule has 1 aliphatic rings. The minimum absolute atomic E-state index is 0.763. The summed E-state index contributed by atoms with van der Waals surface area (Å²) in [6, 6.07) is 20.0. The van der Waals surface area contributed by atoms with Crippen LogP contribution in [0, 0.1) is 5.92 Å². The van der Waals surface area contributed by atoms with E-state index in [9.17, 15) is 0 Å². The van der Waals surface area contributed by atoms with Crippen molar-refractivity contribution in [3.63, 3.8) is 0 Å². The van der Waals surface area contributed by atoms with Crippen molar-refractivity contribution in [2.24, 2.45) is 5.92 Å². The van der Waals surface area contributed by atoms with E-state index in [1.165, 1.54) is 49.7 Å². The standard InChI is InChI=1S/C24H33NO/c1-25-23-14-10-20(11-15-23)7-5-6-18-26-24-16-12-22(13-17-24)19-21-8-3-2-4-9-21/h2-4,8-9,12-13,16-17,20,23,25H,5-7,10-11,14-15,18-19H2,1H3. The molecule has 26 heavy (non-hydrogen) atoms. The van der Waals surface area contributed by atoms with Gasteiger partial charge in [-0.1, -0.05) is 48.9 Å². The summed E-state index contributed by atoms with van der Waals surface area (Å²) in [7, 11) is 2.09. The molecule has 140 valence electrons. The van der Waals surface area contributed by atoms with Crippen molar-refractivity contribution in [3.8, 4) is 5.75 Å². The number of unbranched alkanes of at least 4 members (excludes halogenated alkanes) is 1. The Morgan fingerprint density at radius 2 is 1.54 bits per heavy atom. The fraction of sp³-hybridized carbons (Fsp3) is 0.500. The second-order valence-electron chi connectivity index (χ2n) is 7.66. The molecule has 1 aliphatic carbocycles. The molecule has 2 nitrogen and oxygen atoms in total. The highest BCUT2D eigenvalue weighted by molar-refractivity contribution is 5.31. The van der Waals surface area contributed by atoms with Gasteiger partial charge in [0.1, 0.15) is 5.75 Å². The second kappa shape index (κ2) is 10.4. The molecule has 1 N–H and O–H groups in total. The normalized spacial score (nSPS) is 20.0. The van der Waals surface area contributed by atoms with Crippen LogP contribution in [0.2, 0.25) is 0 Å². The van der Waals surface area contributed by atoms with Crippen LogP contribution >= 0.6 is 0 Å². The highest BCUT2D eigenvalue weighted by Gasteiger charge is 2.19. The van der Waals surface area contributed by atoms with Gasteiger partial charge in [-0.2, -0.15) is 0 Å². The van der Waals surface area contributed by atoms with Gasteiger partial charge in [0.25, 0.3) is 0 Å². The van der Waals surface area contributed by atoms with Crippen LogP contribution in [0.5, 0.6) is 5.75 Å². The first-order chi connectivity index (χ1) is 12.8. The number of hydrogen-bond acceptors (Lipinski definition) is 2. The predicted molar refractivity (Wildman–Crippen MR) is 110 cm³/mol. The summed E-state index contributed by atoms with van der Waals surface area (Å²) >= 11 is 0. The Balaban J connectivity index is 1.30. The molecule has 2 aromatic rings. The van der Waals surface area contributed by atoms with Crippen molar-refractivity contribution in [1.29, 1.82) is 0 Å². The van der Waals surface area contributed by atoms with E-state index in [-0.39, 0.29) is 0 Å². The van der Waals surface area contributed by atoms with Crippen molar-refractivity contribution in [1.82, 2.24) is 5.32 Å². The van der Waals surface area contributed by atoms with Gasteiger partial charge in [0.2, 0.25) is 0 Å². The predicted octanol–water partition coefficient (Wildman–Crippen LogP) is 5.60. The molecule has 2 aromatic carbocycles. The first kappa shape index (κ1) is 19.0. The van der Waals surface area contributed by atoms with Gasteiger partial charge in [-0.05, 0) is 81.2 Å². The molecule has 0 amide bonds. The van der Waals surface area contributed by atoms with Gasteiger partial charge in [-0.15, -0.1) is 0 Å². The fourth-order valence-corrected chi connectivity index (χ4v) is 4.00. The largest absolute Gasteiger partial charge is 0.494 e. The molecule has 0 radical (unpaired) electrons. The van der Waals surface area contributed by atoms with Crippen LogP contribution in [-0.2, 0) is 6.42 Å². The molecule has 0 bridgehead atoms. The van der Waals surface area contributed by atoms with Crippen LogP contribution in [0.25, 0.3) is 0 Å². The van der Waals surface area contributed by atoms with Crippen molar-refractivity contribution in [2.45, 2.75) is 57.4 Å². The lowest BCUT2D eigenvalue weighted by Gasteiger charge is -2.28. The zero-order chi connectivity index (χ0) is 18.0. The molecule has 2 heteroatoms. The van der Waals surface area contributed by atoms with Gasteiger partial charge in [0.15, 0.2) is 0 Å². The summed E-state index contributed by atoms with van der Waals surface area (Å²) in [6.45, 7) is 0.837. The van der Waals surface area contributed by atoms with Gasteiger partial charge in [-0.25, -0.2) is 0 Å². The molecule has 0 saturated heterocycles. The Kier molecular flexibility index (Phi) is 7.57. The Morgan fingerprint density at radius 3 is 2.23 bits per heavy atom. The molecule has 0 unspecified atom stereocenters. The molecule has 0 spiro atoms. The summed E-state index contributed by atoms with van der Waals surface area (Å²) < 4.78 is 5.93. The van der Waals surface area contributed by atoms with E-state index in [2.05, 4.69) is 67.0 Å². The summed E-state index contributed by atoms with van der Waals surface area (Å²) in [4.78, 5) is 0. The smallest absolute Gasteiger partial charge is 0.119 e. The summed E-state index contributed by atoms with van der Waals surface area (Å²) in [5, 5.41) is 3.42.